The summed E-state index contributed by atoms with van der Waals surface area (Å²) >= 11 is 1.45. The van der Waals surface area contributed by atoms with Crippen molar-refractivity contribution >= 4 is 23.2 Å². The van der Waals surface area contributed by atoms with Gasteiger partial charge in [-0.25, -0.2) is 4.98 Å². The maximum absolute atomic E-state index is 12.3. The van der Waals surface area contributed by atoms with Crippen LogP contribution in [0.3, 0.4) is 0 Å². The van der Waals surface area contributed by atoms with E-state index in [1.54, 1.807) is 17.2 Å². The van der Waals surface area contributed by atoms with Gasteiger partial charge in [-0.05, 0) is 13.5 Å². The molecule has 0 spiro atoms. The third-order valence-electron chi connectivity index (χ3n) is 3.64. The molecule has 116 valence electrons. The van der Waals surface area contributed by atoms with Gasteiger partial charge < -0.3 is 15.7 Å². The van der Waals surface area contributed by atoms with E-state index in [1.165, 1.54) is 11.3 Å². The zero-order valence-electron chi connectivity index (χ0n) is 12.0. The van der Waals surface area contributed by atoms with Gasteiger partial charge in [-0.1, -0.05) is 0 Å². The van der Waals surface area contributed by atoms with Crippen LogP contribution < -0.4 is 5.73 Å². The van der Waals surface area contributed by atoms with Crippen molar-refractivity contribution in [3.05, 3.63) is 16.1 Å². The molecule has 0 aromatic carbocycles. The Morgan fingerprint density at radius 1 is 1.43 bits per heavy atom. The van der Waals surface area contributed by atoms with E-state index in [0.29, 0.717) is 44.8 Å². The minimum absolute atomic E-state index is 0.0860. The summed E-state index contributed by atoms with van der Waals surface area (Å²) in [6.07, 6.45) is 0.682. The Kier molecular flexibility index (Phi) is 5.27. The lowest BCUT2D eigenvalue weighted by atomic mass is 10.2. The Bertz CT molecular complexity index is 511. The van der Waals surface area contributed by atoms with Crippen LogP contribution in [0, 0.1) is 0 Å². The number of piperazine rings is 1. The summed E-state index contributed by atoms with van der Waals surface area (Å²) in [5.74, 6) is -0.919. The van der Waals surface area contributed by atoms with Gasteiger partial charge in [-0.3, -0.25) is 14.5 Å². The van der Waals surface area contributed by atoms with Crippen LogP contribution >= 0.6 is 11.3 Å². The van der Waals surface area contributed by atoms with Crippen molar-refractivity contribution in [1.29, 1.82) is 0 Å². The smallest absolute Gasteiger partial charge is 0.320 e. The van der Waals surface area contributed by atoms with Crippen LogP contribution in [-0.4, -0.2) is 70.5 Å². The van der Waals surface area contributed by atoms with Crippen LogP contribution in [0.25, 0.3) is 0 Å². The SMILES string of the molecule is CC(C(=O)O)N1CCN(C(=O)c2csc(CCN)n2)CC1. The number of amides is 1. The quantitative estimate of drug-likeness (QED) is 0.786. The number of carbonyl (C=O) groups excluding carboxylic acids is 1. The molecule has 0 bridgehead atoms. The summed E-state index contributed by atoms with van der Waals surface area (Å²) in [5.41, 5.74) is 5.94. The van der Waals surface area contributed by atoms with Crippen molar-refractivity contribution in [2.45, 2.75) is 19.4 Å². The molecule has 2 rings (SSSR count). The van der Waals surface area contributed by atoms with Gasteiger partial charge in [-0.2, -0.15) is 0 Å². The molecule has 1 atom stereocenters. The average Bonchev–Trinajstić information content (AvgIpc) is 2.95. The first-order valence-electron chi connectivity index (χ1n) is 6.93. The van der Waals surface area contributed by atoms with Crippen molar-refractivity contribution in [2.24, 2.45) is 5.73 Å². The van der Waals surface area contributed by atoms with Crippen molar-refractivity contribution < 1.29 is 14.7 Å². The van der Waals surface area contributed by atoms with Gasteiger partial charge in [-0.15, -0.1) is 11.3 Å². The first-order chi connectivity index (χ1) is 10.0. The van der Waals surface area contributed by atoms with E-state index in [-0.39, 0.29) is 5.91 Å². The molecule has 0 aliphatic carbocycles. The number of nitrogens with two attached hydrogens (primary N) is 1. The maximum atomic E-state index is 12.3. The summed E-state index contributed by atoms with van der Waals surface area (Å²) in [6, 6.07) is -0.516. The lowest BCUT2D eigenvalue weighted by Gasteiger charge is -2.36. The summed E-state index contributed by atoms with van der Waals surface area (Å²) in [6.45, 7) is 4.38. The minimum Gasteiger partial charge on any atom is -0.480 e. The number of aromatic nitrogens is 1. The van der Waals surface area contributed by atoms with E-state index in [9.17, 15) is 9.59 Å². The third-order valence-corrected chi connectivity index (χ3v) is 4.54. The number of aliphatic carboxylic acids is 1. The van der Waals surface area contributed by atoms with E-state index >= 15 is 0 Å². The number of hydrogen-bond acceptors (Lipinski definition) is 6. The van der Waals surface area contributed by atoms with Crippen LogP contribution in [0.2, 0.25) is 0 Å². The highest BCUT2D eigenvalue weighted by atomic mass is 32.1. The first-order valence-corrected chi connectivity index (χ1v) is 7.81. The fourth-order valence-electron chi connectivity index (χ4n) is 2.28. The summed E-state index contributed by atoms with van der Waals surface area (Å²) in [7, 11) is 0. The summed E-state index contributed by atoms with van der Waals surface area (Å²) < 4.78 is 0. The zero-order chi connectivity index (χ0) is 15.4. The highest BCUT2D eigenvalue weighted by Crippen LogP contribution is 2.14. The number of rotatable bonds is 5. The molecule has 2 heterocycles. The standard InChI is InChI=1S/C13H20N4O3S/c1-9(13(19)20)16-4-6-17(7-5-16)12(18)10-8-21-11(15-10)2-3-14/h8-9H,2-7,14H2,1H3,(H,19,20). The molecule has 1 fully saturated rings. The Balaban J connectivity index is 1.92. The maximum Gasteiger partial charge on any atom is 0.320 e. The lowest BCUT2D eigenvalue weighted by Crippen LogP contribution is -2.53. The van der Waals surface area contributed by atoms with Crippen LogP contribution in [0.1, 0.15) is 22.4 Å². The lowest BCUT2D eigenvalue weighted by molar-refractivity contribution is -0.143. The number of hydrogen-bond donors (Lipinski definition) is 2. The van der Waals surface area contributed by atoms with Crippen molar-refractivity contribution in [1.82, 2.24) is 14.8 Å². The zero-order valence-corrected chi connectivity index (χ0v) is 12.8. The Morgan fingerprint density at radius 3 is 2.67 bits per heavy atom. The first kappa shape index (κ1) is 15.9. The van der Waals surface area contributed by atoms with Crippen LogP contribution in [-0.2, 0) is 11.2 Å². The van der Waals surface area contributed by atoms with E-state index in [2.05, 4.69) is 4.98 Å². The van der Waals surface area contributed by atoms with Crippen LogP contribution in [0.15, 0.2) is 5.38 Å². The summed E-state index contributed by atoms with van der Waals surface area (Å²) in [5, 5.41) is 11.6. The number of thiazole rings is 1. The predicted molar refractivity (Wildman–Crippen MR) is 79.4 cm³/mol. The highest BCUT2D eigenvalue weighted by Gasteiger charge is 2.28. The van der Waals surface area contributed by atoms with Crippen molar-refractivity contribution in [3.8, 4) is 0 Å². The molecule has 0 saturated carbocycles. The van der Waals surface area contributed by atoms with E-state index in [1.807, 2.05) is 4.90 Å². The number of carboxylic acid groups (broad SMARTS) is 1. The number of carbonyl (C=O) groups is 2. The molecular weight excluding hydrogens is 292 g/mol. The molecule has 3 N–H and O–H groups in total. The summed E-state index contributed by atoms with van der Waals surface area (Å²) in [4.78, 5) is 31.2. The number of nitrogens with zero attached hydrogens (tertiary/aromatic N) is 3. The Hall–Kier alpha value is -1.51. The molecule has 21 heavy (non-hydrogen) atoms. The van der Waals surface area contributed by atoms with Crippen molar-refractivity contribution in [3.63, 3.8) is 0 Å². The molecule has 1 saturated heterocycles. The molecule has 8 heteroatoms. The minimum atomic E-state index is -0.833. The van der Waals surface area contributed by atoms with Gasteiger partial charge in [0.25, 0.3) is 5.91 Å². The average molecular weight is 312 g/mol. The molecule has 1 aliphatic rings. The highest BCUT2D eigenvalue weighted by molar-refractivity contribution is 7.09. The van der Waals surface area contributed by atoms with Crippen LogP contribution in [0.4, 0.5) is 0 Å². The number of carboxylic acids is 1. The third kappa shape index (κ3) is 3.78. The fourth-order valence-corrected chi connectivity index (χ4v) is 3.07. The van der Waals surface area contributed by atoms with Gasteiger partial charge in [0.15, 0.2) is 0 Å². The Morgan fingerprint density at radius 2 is 2.10 bits per heavy atom. The monoisotopic (exact) mass is 312 g/mol. The topological polar surface area (TPSA) is 99.8 Å². The second kappa shape index (κ2) is 6.97. The molecule has 1 aliphatic heterocycles. The molecule has 7 nitrogen and oxygen atoms in total. The molecule has 1 unspecified atom stereocenters. The van der Waals surface area contributed by atoms with Gasteiger partial charge >= 0.3 is 5.97 Å². The van der Waals surface area contributed by atoms with E-state index < -0.39 is 12.0 Å². The Labute approximate surface area is 127 Å². The molecule has 1 aromatic rings. The second-order valence-corrected chi connectivity index (χ2v) is 5.95. The van der Waals surface area contributed by atoms with Gasteiger partial charge in [0.1, 0.15) is 11.7 Å². The molecule has 0 radical (unpaired) electrons. The molecule has 1 amide bonds. The van der Waals surface area contributed by atoms with E-state index in [4.69, 9.17) is 10.8 Å². The largest absolute Gasteiger partial charge is 0.480 e. The predicted octanol–water partition coefficient (Wildman–Crippen LogP) is -0.125. The van der Waals surface area contributed by atoms with Gasteiger partial charge in [0, 0.05) is 38.0 Å². The van der Waals surface area contributed by atoms with Crippen molar-refractivity contribution in [2.75, 3.05) is 32.7 Å². The van der Waals surface area contributed by atoms with Gasteiger partial charge in [0.2, 0.25) is 0 Å². The van der Waals surface area contributed by atoms with E-state index in [0.717, 1.165) is 5.01 Å². The van der Waals surface area contributed by atoms with Gasteiger partial charge in [0.05, 0.1) is 5.01 Å². The second-order valence-electron chi connectivity index (χ2n) is 5.01. The fraction of sp³-hybridized carbons (Fsp3) is 0.615. The normalized spacial score (nSPS) is 17.7. The van der Waals surface area contributed by atoms with Crippen LogP contribution in [0.5, 0.6) is 0 Å². The molecular formula is C13H20N4O3S. The molecule has 1 aromatic heterocycles.